The molecule has 0 saturated carbocycles. The average Bonchev–Trinajstić information content (AvgIpc) is 3.33. The number of nitrogens with one attached hydrogen (secondary N) is 1. The van der Waals surface area contributed by atoms with Crippen molar-refractivity contribution in [3.8, 4) is 17.1 Å². The van der Waals surface area contributed by atoms with Crippen molar-refractivity contribution in [2.75, 3.05) is 5.32 Å². The van der Waals surface area contributed by atoms with Crippen molar-refractivity contribution in [3.05, 3.63) is 71.5 Å². The maximum atomic E-state index is 12.4. The van der Waals surface area contributed by atoms with Crippen molar-refractivity contribution in [3.63, 3.8) is 0 Å². The SMILES string of the molecule is Cc1ccc(-n2cc(C(=O)Nc3nc(-c4ccccn4)cs3)nn2)cc1. The smallest absolute Gasteiger partial charge is 0.279 e. The topological polar surface area (TPSA) is 85.6 Å². The molecule has 1 aromatic carbocycles. The molecule has 0 radical (unpaired) electrons. The molecule has 4 aromatic rings. The summed E-state index contributed by atoms with van der Waals surface area (Å²) in [5, 5.41) is 13.0. The summed E-state index contributed by atoms with van der Waals surface area (Å²) >= 11 is 1.33. The van der Waals surface area contributed by atoms with Crippen molar-refractivity contribution < 1.29 is 4.79 Å². The van der Waals surface area contributed by atoms with Gasteiger partial charge in [0.15, 0.2) is 10.8 Å². The molecule has 0 fully saturated rings. The van der Waals surface area contributed by atoms with Crippen LogP contribution in [0.1, 0.15) is 16.1 Å². The number of pyridine rings is 1. The van der Waals surface area contributed by atoms with E-state index in [0.717, 1.165) is 16.9 Å². The Hall–Kier alpha value is -3.39. The van der Waals surface area contributed by atoms with Gasteiger partial charge in [-0.2, -0.15) is 0 Å². The first-order valence-corrected chi connectivity index (χ1v) is 8.75. The molecule has 3 heterocycles. The van der Waals surface area contributed by atoms with E-state index < -0.39 is 0 Å². The first kappa shape index (κ1) is 16.1. The molecule has 7 nitrogen and oxygen atoms in total. The van der Waals surface area contributed by atoms with Crippen LogP contribution in [0.25, 0.3) is 17.1 Å². The predicted molar refractivity (Wildman–Crippen MR) is 99.4 cm³/mol. The number of thiazole rings is 1. The fraction of sp³-hybridized carbons (Fsp3) is 0.0556. The third-order valence-electron chi connectivity index (χ3n) is 3.68. The third-order valence-corrected chi connectivity index (χ3v) is 4.43. The number of nitrogens with zero attached hydrogens (tertiary/aromatic N) is 5. The van der Waals surface area contributed by atoms with E-state index in [0.29, 0.717) is 10.8 Å². The maximum absolute atomic E-state index is 12.4. The van der Waals surface area contributed by atoms with Gasteiger partial charge in [0.1, 0.15) is 5.69 Å². The van der Waals surface area contributed by atoms with E-state index in [1.165, 1.54) is 11.3 Å². The number of benzene rings is 1. The summed E-state index contributed by atoms with van der Waals surface area (Å²) in [6.45, 7) is 2.01. The van der Waals surface area contributed by atoms with E-state index in [2.05, 4.69) is 25.6 Å². The summed E-state index contributed by atoms with van der Waals surface area (Å²) in [5.74, 6) is -0.356. The summed E-state index contributed by atoms with van der Waals surface area (Å²) in [7, 11) is 0. The van der Waals surface area contributed by atoms with Crippen molar-refractivity contribution in [2.45, 2.75) is 6.92 Å². The molecule has 0 atom stereocenters. The minimum absolute atomic E-state index is 0.222. The van der Waals surface area contributed by atoms with E-state index in [1.54, 1.807) is 17.1 Å². The monoisotopic (exact) mass is 362 g/mol. The summed E-state index contributed by atoms with van der Waals surface area (Å²) in [4.78, 5) is 21.0. The van der Waals surface area contributed by atoms with Crippen LogP contribution >= 0.6 is 11.3 Å². The number of aromatic nitrogens is 5. The van der Waals surface area contributed by atoms with Crippen LogP contribution in [-0.4, -0.2) is 30.9 Å². The highest BCUT2D eigenvalue weighted by molar-refractivity contribution is 7.14. The second-order valence-corrected chi connectivity index (χ2v) is 6.45. The summed E-state index contributed by atoms with van der Waals surface area (Å²) < 4.78 is 1.57. The lowest BCUT2D eigenvalue weighted by Crippen LogP contribution is -2.12. The number of rotatable bonds is 4. The molecule has 0 aliphatic carbocycles. The lowest BCUT2D eigenvalue weighted by Gasteiger charge is -1.99. The van der Waals surface area contributed by atoms with Gasteiger partial charge < -0.3 is 0 Å². The molecule has 128 valence electrons. The molecule has 0 spiro atoms. The van der Waals surface area contributed by atoms with E-state index in [1.807, 2.05) is 54.8 Å². The van der Waals surface area contributed by atoms with Crippen molar-refractivity contribution in [1.82, 2.24) is 25.0 Å². The molecule has 1 amide bonds. The Kier molecular flexibility index (Phi) is 4.24. The molecular formula is C18H14N6OS. The third kappa shape index (κ3) is 3.35. The molecule has 0 aliphatic heterocycles. The second-order valence-electron chi connectivity index (χ2n) is 5.59. The van der Waals surface area contributed by atoms with Crippen LogP contribution in [0.2, 0.25) is 0 Å². The number of carbonyl (C=O) groups excluding carboxylic acids is 1. The highest BCUT2D eigenvalue weighted by Crippen LogP contribution is 2.23. The Balaban J connectivity index is 1.49. The van der Waals surface area contributed by atoms with Gasteiger partial charge in [-0.15, -0.1) is 16.4 Å². The highest BCUT2D eigenvalue weighted by atomic mass is 32.1. The Morgan fingerprint density at radius 1 is 1.12 bits per heavy atom. The van der Waals surface area contributed by atoms with Gasteiger partial charge in [0.25, 0.3) is 5.91 Å². The van der Waals surface area contributed by atoms with Gasteiger partial charge in [-0.1, -0.05) is 29.0 Å². The number of amides is 1. The average molecular weight is 362 g/mol. The highest BCUT2D eigenvalue weighted by Gasteiger charge is 2.14. The molecule has 0 saturated heterocycles. The zero-order valence-corrected chi connectivity index (χ0v) is 14.6. The number of hydrogen-bond donors (Lipinski definition) is 1. The zero-order chi connectivity index (χ0) is 17.9. The Bertz CT molecular complexity index is 1040. The summed E-state index contributed by atoms with van der Waals surface area (Å²) in [6, 6.07) is 13.4. The van der Waals surface area contributed by atoms with E-state index in [4.69, 9.17) is 0 Å². The van der Waals surface area contributed by atoms with Gasteiger partial charge in [-0.25, -0.2) is 9.67 Å². The van der Waals surface area contributed by atoms with Crippen LogP contribution in [0, 0.1) is 6.92 Å². The zero-order valence-electron chi connectivity index (χ0n) is 13.8. The van der Waals surface area contributed by atoms with Crippen LogP contribution in [-0.2, 0) is 0 Å². The summed E-state index contributed by atoms with van der Waals surface area (Å²) in [5.41, 5.74) is 3.69. The molecular weight excluding hydrogens is 348 g/mol. The normalized spacial score (nSPS) is 10.7. The van der Waals surface area contributed by atoms with Crippen LogP contribution in [0.4, 0.5) is 5.13 Å². The first-order chi connectivity index (χ1) is 12.7. The van der Waals surface area contributed by atoms with Crippen molar-refractivity contribution in [2.24, 2.45) is 0 Å². The van der Waals surface area contributed by atoms with Gasteiger partial charge in [0, 0.05) is 11.6 Å². The second kappa shape index (κ2) is 6.85. The molecule has 8 heteroatoms. The van der Waals surface area contributed by atoms with Crippen LogP contribution in [0.5, 0.6) is 0 Å². The number of anilines is 1. The van der Waals surface area contributed by atoms with Crippen LogP contribution in [0.15, 0.2) is 60.2 Å². The maximum Gasteiger partial charge on any atom is 0.279 e. The van der Waals surface area contributed by atoms with Crippen molar-refractivity contribution >= 4 is 22.4 Å². The molecule has 3 aromatic heterocycles. The lowest BCUT2D eigenvalue weighted by molar-refractivity contribution is 0.102. The number of carbonyl (C=O) groups is 1. The van der Waals surface area contributed by atoms with Crippen LogP contribution in [0.3, 0.4) is 0 Å². The lowest BCUT2D eigenvalue weighted by atomic mass is 10.2. The van der Waals surface area contributed by atoms with Gasteiger partial charge in [0.2, 0.25) is 0 Å². The number of hydrogen-bond acceptors (Lipinski definition) is 6. The molecule has 4 rings (SSSR count). The van der Waals surface area contributed by atoms with E-state index >= 15 is 0 Å². The molecule has 1 N–H and O–H groups in total. The Morgan fingerprint density at radius 2 is 1.96 bits per heavy atom. The number of aryl methyl sites for hydroxylation is 1. The molecule has 0 unspecified atom stereocenters. The fourth-order valence-corrected chi connectivity index (χ4v) is 3.02. The first-order valence-electron chi connectivity index (χ1n) is 7.87. The molecule has 0 bridgehead atoms. The fourth-order valence-electron chi connectivity index (χ4n) is 2.32. The standard InChI is InChI=1S/C18H14N6OS/c1-12-5-7-13(8-6-12)24-10-15(22-23-24)17(25)21-18-20-16(11-26-18)14-4-2-3-9-19-14/h2-11H,1H3,(H,20,21,25). The van der Waals surface area contributed by atoms with Gasteiger partial charge in [-0.3, -0.25) is 15.1 Å². The van der Waals surface area contributed by atoms with Gasteiger partial charge in [-0.05, 0) is 31.2 Å². The minimum atomic E-state index is -0.356. The largest absolute Gasteiger partial charge is 0.296 e. The van der Waals surface area contributed by atoms with Gasteiger partial charge >= 0.3 is 0 Å². The Morgan fingerprint density at radius 3 is 2.73 bits per heavy atom. The molecule has 26 heavy (non-hydrogen) atoms. The van der Waals surface area contributed by atoms with E-state index in [-0.39, 0.29) is 11.6 Å². The predicted octanol–water partition coefficient (Wildman–Crippen LogP) is 3.35. The molecule has 0 aliphatic rings. The van der Waals surface area contributed by atoms with Crippen molar-refractivity contribution in [1.29, 1.82) is 0 Å². The minimum Gasteiger partial charge on any atom is -0.296 e. The van der Waals surface area contributed by atoms with Crippen LogP contribution < -0.4 is 5.32 Å². The summed E-state index contributed by atoms with van der Waals surface area (Å²) in [6.07, 6.45) is 3.30. The Labute approximate surface area is 153 Å². The van der Waals surface area contributed by atoms with Gasteiger partial charge in [0.05, 0.1) is 17.6 Å². The van der Waals surface area contributed by atoms with E-state index in [9.17, 15) is 4.79 Å². The quantitative estimate of drug-likeness (QED) is 0.602.